The number of benzene rings is 2. The SMILES string of the molecule is CC(C(=O)NC(C)(C)C)N(Cc1c(Cl)cccc1Cl)C(=O)COc1ccc(Cl)cc1. The molecule has 1 atom stereocenters. The molecule has 0 aliphatic heterocycles. The summed E-state index contributed by atoms with van der Waals surface area (Å²) in [7, 11) is 0. The Balaban J connectivity index is 2.23. The summed E-state index contributed by atoms with van der Waals surface area (Å²) in [4.78, 5) is 27.2. The van der Waals surface area contributed by atoms with E-state index in [0.717, 1.165) is 0 Å². The summed E-state index contributed by atoms with van der Waals surface area (Å²) in [6.45, 7) is 7.10. The van der Waals surface area contributed by atoms with Gasteiger partial charge in [0, 0.05) is 32.7 Å². The molecular formula is C22H25Cl3N2O3. The minimum atomic E-state index is -0.766. The number of nitrogens with zero attached hydrogens (tertiary/aromatic N) is 1. The van der Waals surface area contributed by atoms with Gasteiger partial charge in [-0.15, -0.1) is 0 Å². The van der Waals surface area contributed by atoms with Gasteiger partial charge in [0.05, 0.1) is 0 Å². The first-order valence-electron chi connectivity index (χ1n) is 9.40. The minimum absolute atomic E-state index is 0.0695. The number of amides is 2. The minimum Gasteiger partial charge on any atom is -0.484 e. The molecule has 2 aromatic carbocycles. The van der Waals surface area contributed by atoms with Crippen molar-refractivity contribution in [2.24, 2.45) is 0 Å². The lowest BCUT2D eigenvalue weighted by Crippen LogP contribution is -2.53. The van der Waals surface area contributed by atoms with Crippen molar-refractivity contribution >= 4 is 46.6 Å². The lowest BCUT2D eigenvalue weighted by molar-refractivity contribution is -0.142. The van der Waals surface area contributed by atoms with Crippen molar-refractivity contribution in [1.29, 1.82) is 0 Å². The van der Waals surface area contributed by atoms with Gasteiger partial charge in [0.25, 0.3) is 5.91 Å². The van der Waals surface area contributed by atoms with Gasteiger partial charge in [-0.2, -0.15) is 0 Å². The third kappa shape index (κ3) is 7.08. The largest absolute Gasteiger partial charge is 0.484 e. The van der Waals surface area contributed by atoms with E-state index in [4.69, 9.17) is 39.5 Å². The smallest absolute Gasteiger partial charge is 0.261 e. The van der Waals surface area contributed by atoms with Gasteiger partial charge in [-0.1, -0.05) is 40.9 Å². The van der Waals surface area contributed by atoms with Gasteiger partial charge >= 0.3 is 0 Å². The highest BCUT2D eigenvalue weighted by Crippen LogP contribution is 2.27. The molecule has 5 nitrogen and oxygen atoms in total. The Labute approximate surface area is 192 Å². The van der Waals surface area contributed by atoms with Crippen molar-refractivity contribution in [2.45, 2.75) is 45.8 Å². The van der Waals surface area contributed by atoms with E-state index < -0.39 is 11.6 Å². The third-order valence-electron chi connectivity index (χ3n) is 4.23. The maximum absolute atomic E-state index is 13.0. The van der Waals surface area contributed by atoms with Crippen molar-refractivity contribution in [3.8, 4) is 5.75 Å². The first-order chi connectivity index (χ1) is 14.0. The molecule has 0 bridgehead atoms. The molecule has 2 rings (SSSR count). The molecule has 30 heavy (non-hydrogen) atoms. The fourth-order valence-corrected chi connectivity index (χ4v) is 3.31. The maximum Gasteiger partial charge on any atom is 0.261 e. The van der Waals surface area contributed by atoms with Crippen LogP contribution < -0.4 is 10.1 Å². The number of hydrogen-bond acceptors (Lipinski definition) is 3. The van der Waals surface area contributed by atoms with E-state index in [1.807, 2.05) is 20.8 Å². The van der Waals surface area contributed by atoms with Crippen molar-refractivity contribution in [1.82, 2.24) is 10.2 Å². The topological polar surface area (TPSA) is 58.6 Å². The van der Waals surface area contributed by atoms with E-state index in [2.05, 4.69) is 5.32 Å². The molecule has 0 radical (unpaired) electrons. The second-order valence-electron chi connectivity index (χ2n) is 7.88. The van der Waals surface area contributed by atoms with Gasteiger partial charge in [0.1, 0.15) is 11.8 Å². The van der Waals surface area contributed by atoms with Crippen molar-refractivity contribution < 1.29 is 14.3 Å². The number of halogens is 3. The summed E-state index contributed by atoms with van der Waals surface area (Å²) in [6, 6.07) is 11.0. The van der Waals surface area contributed by atoms with Crippen LogP contribution >= 0.6 is 34.8 Å². The Hall–Kier alpha value is -1.95. The van der Waals surface area contributed by atoms with Crippen LogP contribution in [0.3, 0.4) is 0 Å². The van der Waals surface area contributed by atoms with Gasteiger partial charge in [-0.25, -0.2) is 0 Å². The molecule has 2 aromatic rings. The molecule has 1 N–H and O–H groups in total. The van der Waals surface area contributed by atoms with E-state index >= 15 is 0 Å². The first kappa shape index (κ1) is 24.3. The Morgan fingerprint density at radius 1 is 1.03 bits per heavy atom. The second-order valence-corrected chi connectivity index (χ2v) is 9.13. The van der Waals surface area contributed by atoms with E-state index in [1.54, 1.807) is 49.4 Å². The van der Waals surface area contributed by atoms with Gasteiger partial charge in [0.15, 0.2) is 6.61 Å². The summed E-state index contributed by atoms with van der Waals surface area (Å²) in [5.74, 6) is -0.168. The predicted molar refractivity (Wildman–Crippen MR) is 121 cm³/mol. The van der Waals surface area contributed by atoms with Crippen LogP contribution in [0.4, 0.5) is 0 Å². The monoisotopic (exact) mass is 470 g/mol. The second kappa shape index (κ2) is 10.4. The third-order valence-corrected chi connectivity index (χ3v) is 5.19. The van der Waals surface area contributed by atoms with Crippen molar-refractivity contribution in [2.75, 3.05) is 6.61 Å². The quantitative estimate of drug-likeness (QED) is 0.591. The zero-order valence-corrected chi connectivity index (χ0v) is 19.6. The van der Waals surface area contributed by atoms with Crippen LogP contribution in [0.5, 0.6) is 5.75 Å². The van der Waals surface area contributed by atoms with Crippen LogP contribution in [-0.4, -0.2) is 34.9 Å². The van der Waals surface area contributed by atoms with Crippen LogP contribution in [-0.2, 0) is 16.1 Å². The molecule has 0 saturated heterocycles. The van der Waals surface area contributed by atoms with Crippen LogP contribution in [0.2, 0.25) is 15.1 Å². The van der Waals surface area contributed by atoms with E-state index in [9.17, 15) is 9.59 Å². The Kier molecular flexibility index (Phi) is 8.42. The molecule has 0 saturated carbocycles. The average molecular weight is 472 g/mol. The lowest BCUT2D eigenvalue weighted by atomic mass is 10.1. The number of ether oxygens (including phenoxy) is 1. The standard InChI is InChI=1S/C22H25Cl3N2O3/c1-14(21(29)26-22(2,3)4)27(12-17-18(24)6-5-7-19(17)25)20(28)13-30-16-10-8-15(23)9-11-16/h5-11,14H,12-13H2,1-4H3,(H,26,29). The molecule has 0 aromatic heterocycles. The number of carbonyl (C=O) groups excluding carboxylic acids is 2. The molecule has 0 spiro atoms. The number of carbonyl (C=O) groups is 2. The molecule has 1 unspecified atom stereocenters. The molecular weight excluding hydrogens is 447 g/mol. The fraction of sp³-hybridized carbons (Fsp3) is 0.364. The molecule has 0 fully saturated rings. The van der Waals surface area contributed by atoms with Gasteiger partial charge in [0.2, 0.25) is 5.91 Å². The molecule has 8 heteroatoms. The number of nitrogens with one attached hydrogen (secondary N) is 1. The highest BCUT2D eigenvalue weighted by molar-refractivity contribution is 6.36. The summed E-state index contributed by atoms with van der Waals surface area (Å²) in [5, 5.41) is 4.30. The summed E-state index contributed by atoms with van der Waals surface area (Å²) >= 11 is 18.5. The highest BCUT2D eigenvalue weighted by Gasteiger charge is 2.29. The summed E-state index contributed by atoms with van der Waals surface area (Å²) in [5.41, 5.74) is 0.123. The van der Waals surface area contributed by atoms with Gasteiger partial charge in [-0.3, -0.25) is 9.59 Å². The zero-order chi connectivity index (χ0) is 22.5. The van der Waals surface area contributed by atoms with E-state index in [1.165, 1.54) is 4.90 Å². The maximum atomic E-state index is 13.0. The summed E-state index contributed by atoms with van der Waals surface area (Å²) < 4.78 is 5.59. The van der Waals surface area contributed by atoms with E-state index in [-0.39, 0.29) is 25.0 Å². The van der Waals surface area contributed by atoms with Crippen molar-refractivity contribution in [3.05, 3.63) is 63.1 Å². The Morgan fingerprint density at radius 2 is 1.60 bits per heavy atom. The van der Waals surface area contributed by atoms with Crippen LogP contribution in [0, 0.1) is 0 Å². The van der Waals surface area contributed by atoms with Gasteiger partial charge < -0.3 is 15.0 Å². The van der Waals surface area contributed by atoms with E-state index in [0.29, 0.717) is 26.4 Å². The predicted octanol–water partition coefficient (Wildman–Crippen LogP) is 5.36. The molecule has 2 amide bonds. The highest BCUT2D eigenvalue weighted by atomic mass is 35.5. The van der Waals surface area contributed by atoms with Crippen molar-refractivity contribution in [3.63, 3.8) is 0 Å². The first-order valence-corrected chi connectivity index (χ1v) is 10.5. The Morgan fingerprint density at radius 3 is 2.13 bits per heavy atom. The fourth-order valence-electron chi connectivity index (χ4n) is 2.67. The molecule has 0 aliphatic carbocycles. The van der Waals surface area contributed by atoms with Gasteiger partial charge in [-0.05, 0) is 64.1 Å². The van der Waals surface area contributed by atoms with Crippen LogP contribution in [0.25, 0.3) is 0 Å². The zero-order valence-electron chi connectivity index (χ0n) is 17.3. The van der Waals surface area contributed by atoms with Crippen LogP contribution in [0.15, 0.2) is 42.5 Å². The molecule has 0 aliphatic rings. The normalized spacial score (nSPS) is 12.2. The van der Waals surface area contributed by atoms with Crippen LogP contribution in [0.1, 0.15) is 33.3 Å². The number of hydrogen-bond donors (Lipinski definition) is 1. The Bertz CT molecular complexity index is 875. The summed E-state index contributed by atoms with van der Waals surface area (Å²) in [6.07, 6.45) is 0. The lowest BCUT2D eigenvalue weighted by Gasteiger charge is -2.31. The number of rotatable bonds is 7. The molecule has 162 valence electrons. The average Bonchev–Trinajstić information content (AvgIpc) is 2.65. The molecule has 0 heterocycles.